The first-order chi connectivity index (χ1) is 4.16. The summed E-state index contributed by atoms with van der Waals surface area (Å²) in [7, 11) is 0.632. The molecule has 4 heteroatoms. The Bertz CT molecular complexity index is 70.0. The van der Waals surface area contributed by atoms with Gasteiger partial charge < -0.3 is 15.4 Å². The van der Waals surface area contributed by atoms with Crippen LogP contribution in [0.1, 0.15) is 20.3 Å². The summed E-state index contributed by atoms with van der Waals surface area (Å²) < 4.78 is 4.56. The Kier molecular flexibility index (Phi) is 4.76. The molecule has 0 amide bonds. The summed E-state index contributed by atoms with van der Waals surface area (Å²) >= 11 is 0. The van der Waals surface area contributed by atoms with E-state index in [0.717, 1.165) is 6.42 Å². The van der Waals surface area contributed by atoms with E-state index in [-0.39, 0.29) is 6.23 Å². The lowest BCUT2D eigenvalue weighted by Gasteiger charge is -2.12. The maximum Gasteiger partial charge on any atom is 0.486 e. The molecule has 0 aliphatic carbocycles. The SMILES string of the molecule is CC(C)C[C@H](N)O[B]O. The smallest absolute Gasteiger partial charge is 0.429 e. The standard InChI is InChI=1S/C5H13BNO2/c1-4(2)3-5(7)9-6-8/h4-5,8H,3,7H2,1-2H3/t5-/m1/s1. The second-order valence-electron chi connectivity index (χ2n) is 2.41. The number of hydrogen-bond acceptors (Lipinski definition) is 3. The van der Waals surface area contributed by atoms with Crippen LogP contribution in [0.2, 0.25) is 0 Å². The molecule has 0 aromatic rings. The molecule has 1 atom stereocenters. The van der Waals surface area contributed by atoms with Crippen LogP contribution < -0.4 is 5.73 Å². The van der Waals surface area contributed by atoms with Crippen molar-refractivity contribution in [2.24, 2.45) is 11.7 Å². The van der Waals surface area contributed by atoms with Crippen molar-refractivity contribution < 1.29 is 9.68 Å². The Morgan fingerprint density at radius 2 is 2.22 bits per heavy atom. The van der Waals surface area contributed by atoms with Gasteiger partial charge in [-0.1, -0.05) is 13.8 Å². The van der Waals surface area contributed by atoms with Crippen LogP contribution in [-0.4, -0.2) is 18.9 Å². The molecule has 9 heavy (non-hydrogen) atoms. The predicted octanol–water partition coefficient (Wildman–Crippen LogP) is -0.140. The van der Waals surface area contributed by atoms with Crippen molar-refractivity contribution in [2.45, 2.75) is 26.5 Å². The molecule has 0 aliphatic heterocycles. The van der Waals surface area contributed by atoms with Crippen molar-refractivity contribution >= 4 is 7.69 Å². The molecule has 3 N–H and O–H groups in total. The molecule has 0 rings (SSSR count). The fourth-order valence-electron chi connectivity index (χ4n) is 0.598. The van der Waals surface area contributed by atoms with E-state index in [1.807, 2.05) is 13.8 Å². The topological polar surface area (TPSA) is 55.5 Å². The van der Waals surface area contributed by atoms with E-state index in [1.54, 1.807) is 0 Å². The summed E-state index contributed by atoms with van der Waals surface area (Å²) in [6.45, 7) is 4.08. The van der Waals surface area contributed by atoms with Crippen LogP contribution >= 0.6 is 0 Å². The van der Waals surface area contributed by atoms with Gasteiger partial charge in [-0.3, -0.25) is 0 Å². The van der Waals surface area contributed by atoms with Crippen LogP contribution in [0, 0.1) is 5.92 Å². The summed E-state index contributed by atoms with van der Waals surface area (Å²) in [5.74, 6) is 0.500. The molecular weight excluding hydrogens is 117 g/mol. The van der Waals surface area contributed by atoms with Crippen molar-refractivity contribution in [2.75, 3.05) is 0 Å². The molecule has 53 valence electrons. The molecule has 0 aliphatic rings. The molecule has 0 aromatic heterocycles. The van der Waals surface area contributed by atoms with E-state index in [9.17, 15) is 0 Å². The highest BCUT2D eigenvalue weighted by molar-refractivity contribution is 6.15. The predicted molar refractivity (Wildman–Crippen MR) is 36.5 cm³/mol. The van der Waals surface area contributed by atoms with Gasteiger partial charge in [0.25, 0.3) is 0 Å². The first kappa shape index (κ1) is 8.94. The quantitative estimate of drug-likeness (QED) is 0.411. The van der Waals surface area contributed by atoms with Gasteiger partial charge >= 0.3 is 7.69 Å². The van der Waals surface area contributed by atoms with Crippen LogP contribution in [0.15, 0.2) is 0 Å². The van der Waals surface area contributed by atoms with E-state index in [4.69, 9.17) is 10.8 Å². The lowest BCUT2D eigenvalue weighted by Crippen LogP contribution is -2.27. The number of rotatable bonds is 4. The second kappa shape index (κ2) is 4.79. The van der Waals surface area contributed by atoms with Crippen molar-refractivity contribution in [3.8, 4) is 0 Å². The van der Waals surface area contributed by atoms with Crippen molar-refractivity contribution in [3.63, 3.8) is 0 Å². The Morgan fingerprint density at radius 1 is 1.67 bits per heavy atom. The maximum absolute atomic E-state index is 8.12. The van der Waals surface area contributed by atoms with Crippen molar-refractivity contribution in [1.82, 2.24) is 0 Å². The van der Waals surface area contributed by atoms with E-state index >= 15 is 0 Å². The molecule has 0 unspecified atom stereocenters. The molecule has 0 bridgehead atoms. The highest BCUT2D eigenvalue weighted by Gasteiger charge is 2.04. The summed E-state index contributed by atoms with van der Waals surface area (Å²) in [5, 5.41) is 8.12. The minimum atomic E-state index is -0.366. The first-order valence-corrected chi connectivity index (χ1v) is 3.03. The van der Waals surface area contributed by atoms with Gasteiger partial charge in [-0.05, 0) is 12.3 Å². The monoisotopic (exact) mass is 130 g/mol. The largest absolute Gasteiger partial charge is 0.486 e. The number of nitrogens with two attached hydrogens (primary N) is 1. The van der Waals surface area contributed by atoms with Crippen LogP contribution in [-0.2, 0) is 4.65 Å². The van der Waals surface area contributed by atoms with E-state index in [2.05, 4.69) is 4.65 Å². The third-order valence-corrected chi connectivity index (χ3v) is 0.939. The first-order valence-electron chi connectivity index (χ1n) is 3.03. The Morgan fingerprint density at radius 3 is 2.56 bits per heavy atom. The Labute approximate surface area is 56.5 Å². The van der Waals surface area contributed by atoms with Gasteiger partial charge in [-0.2, -0.15) is 0 Å². The number of hydrogen-bond donors (Lipinski definition) is 2. The molecule has 0 aromatic carbocycles. The van der Waals surface area contributed by atoms with E-state index in [1.165, 1.54) is 0 Å². The van der Waals surface area contributed by atoms with Gasteiger partial charge in [-0.15, -0.1) is 0 Å². The fraction of sp³-hybridized carbons (Fsp3) is 1.00. The molecular formula is C5H13BNO2. The summed E-state index contributed by atoms with van der Waals surface area (Å²) in [6, 6.07) is 0. The van der Waals surface area contributed by atoms with Gasteiger partial charge in [0, 0.05) is 0 Å². The maximum atomic E-state index is 8.12. The van der Waals surface area contributed by atoms with Gasteiger partial charge in [0.05, 0.1) is 6.23 Å². The van der Waals surface area contributed by atoms with Crippen LogP contribution in [0.4, 0.5) is 0 Å². The zero-order valence-electron chi connectivity index (χ0n) is 5.87. The second-order valence-corrected chi connectivity index (χ2v) is 2.41. The van der Waals surface area contributed by atoms with Gasteiger partial charge in [0.2, 0.25) is 0 Å². The van der Waals surface area contributed by atoms with Crippen molar-refractivity contribution in [3.05, 3.63) is 0 Å². The lowest BCUT2D eigenvalue weighted by molar-refractivity contribution is 0.165. The fourth-order valence-corrected chi connectivity index (χ4v) is 0.598. The minimum Gasteiger partial charge on any atom is -0.429 e. The zero-order chi connectivity index (χ0) is 7.28. The van der Waals surface area contributed by atoms with Gasteiger partial charge in [0.1, 0.15) is 0 Å². The average molecular weight is 130 g/mol. The summed E-state index contributed by atoms with van der Waals surface area (Å²) in [5.41, 5.74) is 5.37. The third-order valence-electron chi connectivity index (χ3n) is 0.939. The zero-order valence-corrected chi connectivity index (χ0v) is 5.87. The van der Waals surface area contributed by atoms with Crippen LogP contribution in [0.25, 0.3) is 0 Å². The highest BCUT2D eigenvalue weighted by atomic mass is 16.5. The molecule has 3 nitrogen and oxygen atoms in total. The minimum absolute atomic E-state index is 0.366. The van der Waals surface area contributed by atoms with Crippen molar-refractivity contribution in [1.29, 1.82) is 0 Å². The molecule has 0 heterocycles. The third kappa shape index (κ3) is 5.82. The van der Waals surface area contributed by atoms with Crippen LogP contribution in [0.5, 0.6) is 0 Å². The Balaban J connectivity index is 3.15. The molecule has 0 fully saturated rings. The molecule has 1 radical (unpaired) electrons. The lowest BCUT2D eigenvalue weighted by atomic mass is 10.1. The molecule has 0 saturated carbocycles. The van der Waals surface area contributed by atoms with E-state index < -0.39 is 0 Å². The highest BCUT2D eigenvalue weighted by Crippen LogP contribution is 2.01. The van der Waals surface area contributed by atoms with E-state index in [0.29, 0.717) is 13.6 Å². The average Bonchev–Trinajstić information content (AvgIpc) is 1.63. The van der Waals surface area contributed by atoms with Crippen LogP contribution in [0.3, 0.4) is 0 Å². The Hall–Kier alpha value is -0.0551. The molecule has 0 spiro atoms. The van der Waals surface area contributed by atoms with Gasteiger partial charge in [0.15, 0.2) is 0 Å². The summed E-state index contributed by atoms with van der Waals surface area (Å²) in [4.78, 5) is 0. The summed E-state index contributed by atoms with van der Waals surface area (Å²) in [6.07, 6.45) is 0.395. The molecule has 0 saturated heterocycles. The van der Waals surface area contributed by atoms with Gasteiger partial charge in [-0.25, -0.2) is 0 Å². The normalized spacial score (nSPS) is 13.9.